The van der Waals surface area contributed by atoms with Crippen molar-refractivity contribution in [1.82, 2.24) is 30.7 Å². The number of aromatic nitrogens is 1. The normalized spacial score (nSPS) is 14.7. The minimum absolute atomic E-state index is 0.196. The highest BCUT2D eigenvalue weighted by Gasteiger charge is 2.26. The van der Waals surface area contributed by atoms with E-state index in [1.807, 2.05) is 48.7 Å². The van der Waals surface area contributed by atoms with Crippen molar-refractivity contribution in [2.24, 2.45) is 0 Å². The zero-order valence-electron chi connectivity index (χ0n) is 24.5. The van der Waals surface area contributed by atoms with E-state index >= 15 is 0 Å². The molecule has 0 aliphatic carbocycles. The standard InChI is InChI=1S/C29H40N6O5S/c1-29(2,3)40-28(38)33-25-19-41-18-24(25)32-26(36)23-12-9-21(16-30-23)17-35(14-13-34(4)5)27(37)31-15-20-7-10-22(39-6)11-8-20/h7-12,16,18,25H,13-15,17,19H2,1-6H3,(H,31,37)(H,32,36)(H,33,38). The van der Waals surface area contributed by atoms with Crippen LogP contribution in [0.2, 0.25) is 0 Å². The number of hydrogen-bond acceptors (Lipinski definition) is 8. The van der Waals surface area contributed by atoms with Gasteiger partial charge >= 0.3 is 12.1 Å². The smallest absolute Gasteiger partial charge is 0.408 e. The zero-order chi connectivity index (χ0) is 30.0. The lowest BCUT2D eigenvalue weighted by molar-refractivity contribution is 0.0514. The van der Waals surface area contributed by atoms with Gasteiger partial charge in [0.15, 0.2) is 0 Å². The first-order chi connectivity index (χ1) is 19.4. The summed E-state index contributed by atoms with van der Waals surface area (Å²) < 4.78 is 10.5. The van der Waals surface area contributed by atoms with Gasteiger partial charge in [0, 0.05) is 43.8 Å². The summed E-state index contributed by atoms with van der Waals surface area (Å²) in [5, 5.41) is 10.4. The van der Waals surface area contributed by atoms with Crippen molar-refractivity contribution < 1.29 is 23.9 Å². The number of likely N-dealkylation sites (N-methyl/N-ethyl adjacent to an activating group) is 1. The summed E-state index contributed by atoms with van der Waals surface area (Å²) in [6.45, 7) is 7.30. The number of alkyl carbamates (subject to hydrolysis) is 1. The summed E-state index contributed by atoms with van der Waals surface area (Å²) in [6, 6.07) is 10.4. The number of nitrogens with one attached hydrogen (secondary N) is 3. The average molecular weight is 585 g/mol. The summed E-state index contributed by atoms with van der Waals surface area (Å²) in [5.41, 5.74) is 1.95. The molecule has 1 atom stereocenters. The fraction of sp³-hybridized carbons (Fsp3) is 0.448. The molecular formula is C29H40N6O5S. The largest absolute Gasteiger partial charge is 0.497 e. The van der Waals surface area contributed by atoms with Crippen LogP contribution in [-0.2, 0) is 17.8 Å². The first kappa shape index (κ1) is 31.8. The number of carbonyl (C=O) groups excluding carboxylic acids is 3. The third-order valence-corrected chi connectivity index (χ3v) is 6.88. The average Bonchev–Trinajstić information content (AvgIpc) is 3.34. The van der Waals surface area contributed by atoms with Gasteiger partial charge in [0.25, 0.3) is 5.91 Å². The van der Waals surface area contributed by atoms with E-state index in [0.29, 0.717) is 37.6 Å². The number of carbonyl (C=O) groups is 3. The first-order valence-corrected chi connectivity index (χ1v) is 14.4. The third-order valence-electron chi connectivity index (χ3n) is 5.94. The molecule has 41 heavy (non-hydrogen) atoms. The maximum absolute atomic E-state index is 13.0. The van der Waals surface area contributed by atoms with Gasteiger partial charge in [-0.05, 0) is 69.6 Å². The van der Waals surface area contributed by atoms with Crippen LogP contribution < -0.4 is 20.7 Å². The van der Waals surface area contributed by atoms with Crippen LogP contribution in [-0.4, -0.2) is 84.5 Å². The van der Waals surface area contributed by atoms with Gasteiger partial charge in [0.2, 0.25) is 0 Å². The molecule has 2 heterocycles. The van der Waals surface area contributed by atoms with E-state index in [1.54, 1.807) is 51.1 Å². The number of amides is 4. The van der Waals surface area contributed by atoms with E-state index < -0.39 is 11.7 Å². The molecule has 1 aromatic carbocycles. The summed E-state index contributed by atoms with van der Waals surface area (Å²) in [4.78, 5) is 46.2. The number of benzene rings is 1. The van der Waals surface area contributed by atoms with Gasteiger partial charge < -0.3 is 35.2 Å². The molecule has 0 saturated carbocycles. The number of pyridine rings is 1. The van der Waals surface area contributed by atoms with Gasteiger partial charge in [-0.2, -0.15) is 0 Å². The quantitative estimate of drug-likeness (QED) is 0.366. The van der Waals surface area contributed by atoms with Crippen molar-refractivity contribution in [3.05, 3.63) is 70.5 Å². The van der Waals surface area contributed by atoms with Crippen LogP contribution in [0.1, 0.15) is 42.4 Å². The Bertz CT molecular complexity index is 1210. The van der Waals surface area contributed by atoms with Crippen LogP contribution in [0.5, 0.6) is 5.75 Å². The number of methoxy groups -OCH3 is 1. The van der Waals surface area contributed by atoms with Crippen LogP contribution in [0.15, 0.2) is 53.7 Å². The second-order valence-electron chi connectivity index (χ2n) is 10.8. The second kappa shape index (κ2) is 14.7. The van der Waals surface area contributed by atoms with Gasteiger partial charge in [0.1, 0.15) is 17.0 Å². The van der Waals surface area contributed by atoms with E-state index in [1.165, 1.54) is 11.8 Å². The Morgan fingerprint density at radius 3 is 2.37 bits per heavy atom. The molecule has 3 rings (SSSR count). The van der Waals surface area contributed by atoms with E-state index in [-0.39, 0.29) is 23.7 Å². The summed E-state index contributed by atoms with van der Waals surface area (Å²) in [7, 11) is 5.52. The molecule has 0 fully saturated rings. The fourth-order valence-electron chi connectivity index (χ4n) is 3.77. The minimum Gasteiger partial charge on any atom is -0.497 e. The lowest BCUT2D eigenvalue weighted by Gasteiger charge is -2.25. The second-order valence-corrected chi connectivity index (χ2v) is 11.7. The number of urea groups is 1. The molecule has 3 N–H and O–H groups in total. The number of nitrogens with zero attached hydrogens (tertiary/aromatic N) is 3. The van der Waals surface area contributed by atoms with Crippen molar-refractivity contribution in [2.75, 3.05) is 40.0 Å². The van der Waals surface area contributed by atoms with Crippen molar-refractivity contribution in [2.45, 2.75) is 45.5 Å². The van der Waals surface area contributed by atoms with Gasteiger partial charge in [-0.1, -0.05) is 18.2 Å². The van der Waals surface area contributed by atoms with Gasteiger partial charge in [-0.3, -0.25) is 9.78 Å². The van der Waals surface area contributed by atoms with Crippen LogP contribution in [0.25, 0.3) is 0 Å². The fourth-order valence-corrected chi connectivity index (χ4v) is 4.72. The summed E-state index contributed by atoms with van der Waals surface area (Å²) in [6.07, 6.45) is 1.06. The molecule has 0 spiro atoms. The third kappa shape index (κ3) is 10.6. The molecule has 0 saturated heterocycles. The van der Waals surface area contributed by atoms with Crippen LogP contribution >= 0.6 is 11.8 Å². The molecule has 1 aliphatic rings. The molecule has 11 nitrogen and oxygen atoms in total. The van der Waals surface area contributed by atoms with E-state index in [2.05, 4.69) is 20.9 Å². The minimum atomic E-state index is -0.617. The van der Waals surface area contributed by atoms with Gasteiger partial charge in [0.05, 0.1) is 13.2 Å². The maximum Gasteiger partial charge on any atom is 0.408 e. The highest BCUT2D eigenvalue weighted by atomic mass is 32.2. The summed E-state index contributed by atoms with van der Waals surface area (Å²) >= 11 is 1.49. The zero-order valence-corrected chi connectivity index (χ0v) is 25.3. The number of thioether (sulfide) groups is 1. The van der Waals surface area contributed by atoms with Gasteiger partial charge in [-0.25, -0.2) is 9.59 Å². The molecule has 2 aromatic rings. The highest BCUT2D eigenvalue weighted by Crippen LogP contribution is 2.22. The Kier molecular flexibility index (Phi) is 11.4. The Morgan fingerprint density at radius 2 is 1.76 bits per heavy atom. The molecule has 1 aliphatic heterocycles. The van der Waals surface area contributed by atoms with Crippen molar-refractivity contribution >= 4 is 29.8 Å². The van der Waals surface area contributed by atoms with Crippen molar-refractivity contribution in [3.8, 4) is 5.75 Å². The van der Waals surface area contributed by atoms with E-state index in [0.717, 1.165) is 16.9 Å². The number of rotatable bonds is 11. The van der Waals surface area contributed by atoms with Crippen molar-refractivity contribution in [3.63, 3.8) is 0 Å². The van der Waals surface area contributed by atoms with Crippen LogP contribution in [0.3, 0.4) is 0 Å². The predicted octanol–water partition coefficient (Wildman–Crippen LogP) is 3.57. The summed E-state index contributed by atoms with van der Waals surface area (Å²) in [5.74, 6) is 0.960. The first-order valence-electron chi connectivity index (χ1n) is 13.3. The molecule has 4 amide bonds. The maximum atomic E-state index is 13.0. The Balaban J connectivity index is 1.58. The number of ether oxygens (including phenoxy) is 2. The van der Waals surface area contributed by atoms with Gasteiger partial charge in [-0.15, -0.1) is 11.8 Å². The Morgan fingerprint density at radius 1 is 1.05 bits per heavy atom. The Hall–Kier alpha value is -3.77. The molecule has 1 aromatic heterocycles. The molecule has 222 valence electrons. The lowest BCUT2D eigenvalue weighted by atomic mass is 10.2. The molecule has 0 radical (unpaired) electrons. The van der Waals surface area contributed by atoms with Crippen LogP contribution in [0, 0.1) is 0 Å². The SMILES string of the molecule is COc1ccc(CNC(=O)N(CCN(C)C)Cc2ccc(C(=O)NC3=CSCC3NC(=O)OC(C)(C)C)nc2)cc1. The molecular weight excluding hydrogens is 544 g/mol. The molecule has 12 heteroatoms. The van der Waals surface area contributed by atoms with E-state index in [4.69, 9.17) is 9.47 Å². The molecule has 0 bridgehead atoms. The topological polar surface area (TPSA) is 125 Å². The monoisotopic (exact) mass is 584 g/mol. The Labute approximate surface area is 246 Å². The van der Waals surface area contributed by atoms with E-state index in [9.17, 15) is 14.4 Å². The lowest BCUT2D eigenvalue weighted by Crippen LogP contribution is -2.44. The highest BCUT2D eigenvalue weighted by molar-refractivity contribution is 8.02. The van der Waals surface area contributed by atoms with Crippen LogP contribution in [0.4, 0.5) is 9.59 Å². The van der Waals surface area contributed by atoms with Crippen molar-refractivity contribution in [1.29, 1.82) is 0 Å². The molecule has 1 unspecified atom stereocenters. The predicted molar refractivity (Wildman–Crippen MR) is 160 cm³/mol. The number of hydrogen-bond donors (Lipinski definition) is 3.